The van der Waals surface area contributed by atoms with Crippen molar-refractivity contribution in [3.63, 3.8) is 0 Å². The van der Waals surface area contributed by atoms with Crippen LogP contribution in [-0.4, -0.2) is 43.1 Å². The number of hydrogen-bond donors (Lipinski definition) is 0. The highest BCUT2D eigenvalue weighted by atomic mass is 16.6. The minimum atomic E-state index is -1.88. The Morgan fingerprint density at radius 1 is 0.900 bits per heavy atom. The van der Waals surface area contributed by atoms with Crippen LogP contribution in [0, 0.1) is 0 Å². The molecule has 0 N–H and O–H groups in total. The van der Waals surface area contributed by atoms with Crippen LogP contribution in [0.5, 0.6) is 0 Å². The minimum Gasteiger partial charge on any atom is -0.466 e. The van der Waals surface area contributed by atoms with Crippen molar-refractivity contribution in [3.05, 3.63) is 0 Å². The van der Waals surface area contributed by atoms with Crippen molar-refractivity contribution in [2.45, 2.75) is 52.6 Å². The summed E-state index contributed by atoms with van der Waals surface area (Å²) in [6, 6.07) is 0. The Labute approximate surface area is 119 Å². The van der Waals surface area contributed by atoms with Crippen molar-refractivity contribution in [2.75, 3.05) is 19.8 Å². The first-order chi connectivity index (χ1) is 9.48. The maximum Gasteiger partial charge on any atom is 0.346 e. The summed E-state index contributed by atoms with van der Waals surface area (Å²) in [6.45, 7) is 7.14. The Kier molecular flexibility index (Phi) is 8.79. The van der Waals surface area contributed by atoms with Gasteiger partial charge < -0.3 is 14.2 Å². The predicted octanol–water partition coefficient (Wildman–Crippen LogP) is 1.65. The molecule has 116 valence electrons. The van der Waals surface area contributed by atoms with Gasteiger partial charge in [0.2, 0.25) is 5.60 Å². The molecule has 0 saturated heterocycles. The number of ketones is 1. The van der Waals surface area contributed by atoms with E-state index >= 15 is 0 Å². The number of Topliss-reactive ketones (excluding diaryl/α,β-unsaturated/α-hetero) is 1. The van der Waals surface area contributed by atoms with E-state index in [2.05, 4.69) is 0 Å². The summed E-state index contributed by atoms with van der Waals surface area (Å²) in [5.74, 6) is -1.93. The molecular weight excluding hydrogens is 264 g/mol. The Morgan fingerprint density at radius 3 is 1.95 bits per heavy atom. The van der Waals surface area contributed by atoms with Gasteiger partial charge in [0.25, 0.3) is 0 Å². The third-order valence-corrected chi connectivity index (χ3v) is 2.62. The predicted molar refractivity (Wildman–Crippen MR) is 72.2 cm³/mol. The summed E-state index contributed by atoms with van der Waals surface area (Å²) in [5.41, 5.74) is -1.88. The maximum absolute atomic E-state index is 12.3. The Morgan fingerprint density at radius 2 is 1.50 bits per heavy atom. The van der Waals surface area contributed by atoms with E-state index < -0.39 is 29.7 Å². The molecule has 0 spiro atoms. The number of hydrogen-bond acceptors (Lipinski definition) is 6. The fourth-order valence-electron chi connectivity index (χ4n) is 1.81. The Hall–Kier alpha value is -1.43. The zero-order chi connectivity index (χ0) is 15.6. The van der Waals surface area contributed by atoms with Crippen LogP contribution < -0.4 is 0 Å². The van der Waals surface area contributed by atoms with Gasteiger partial charge in [-0.25, -0.2) is 4.79 Å². The van der Waals surface area contributed by atoms with Crippen LogP contribution in [0.4, 0.5) is 0 Å². The zero-order valence-electron chi connectivity index (χ0n) is 12.7. The second-order valence-corrected chi connectivity index (χ2v) is 4.14. The number of ether oxygens (including phenoxy) is 3. The molecule has 0 aromatic rings. The molecular formula is C14H24O6. The molecule has 0 aliphatic carbocycles. The largest absolute Gasteiger partial charge is 0.466 e. The first-order valence-electron chi connectivity index (χ1n) is 6.98. The average Bonchev–Trinajstić information content (AvgIpc) is 2.38. The topological polar surface area (TPSA) is 78.9 Å². The fourth-order valence-corrected chi connectivity index (χ4v) is 1.81. The van der Waals surface area contributed by atoms with E-state index in [1.807, 2.05) is 6.92 Å². The van der Waals surface area contributed by atoms with E-state index in [1.54, 1.807) is 20.8 Å². The van der Waals surface area contributed by atoms with Crippen LogP contribution in [0.2, 0.25) is 0 Å². The quantitative estimate of drug-likeness (QED) is 0.449. The minimum absolute atomic E-state index is 0.107. The molecule has 0 aromatic heterocycles. The zero-order valence-corrected chi connectivity index (χ0v) is 12.7. The van der Waals surface area contributed by atoms with Crippen LogP contribution in [-0.2, 0) is 28.6 Å². The summed E-state index contributed by atoms with van der Waals surface area (Å²) in [5, 5.41) is 0. The van der Waals surface area contributed by atoms with Gasteiger partial charge in [-0.2, -0.15) is 0 Å². The van der Waals surface area contributed by atoms with Crippen LogP contribution >= 0.6 is 0 Å². The monoisotopic (exact) mass is 288 g/mol. The summed E-state index contributed by atoms with van der Waals surface area (Å²) in [7, 11) is 0. The normalized spacial score (nSPS) is 13.4. The van der Waals surface area contributed by atoms with Crippen molar-refractivity contribution in [3.8, 4) is 0 Å². The summed E-state index contributed by atoms with van der Waals surface area (Å²) >= 11 is 0. The highest BCUT2D eigenvalue weighted by Gasteiger charge is 2.49. The van der Waals surface area contributed by atoms with Crippen molar-refractivity contribution in [1.29, 1.82) is 0 Å². The molecule has 0 bridgehead atoms. The van der Waals surface area contributed by atoms with Crippen LogP contribution in [0.15, 0.2) is 0 Å². The van der Waals surface area contributed by atoms with E-state index in [0.29, 0.717) is 6.42 Å². The van der Waals surface area contributed by atoms with Crippen molar-refractivity contribution < 1.29 is 28.6 Å². The standard InChI is InChI=1S/C14H24O6/c1-5-9-11(15)14(20-8-4,13(17)19-7-3)10-12(16)18-6-2/h5-10H2,1-4H3. The number of esters is 2. The third-order valence-electron chi connectivity index (χ3n) is 2.62. The van der Waals surface area contributed by atoms with Crippen LogP contribution in [0.25, 0.3) is 0 Å². The molecule has 0 aliphatic rings. The smallest absolute Gasteiger partial charge is 0.346 e. The van der Waals surface area contributed by atoms with Gasteiger partial charge in [-0.1, -0.05) is 6.92 Å². The lowest BCUT2D eigenvalue weighted by molar-refractivity contribution is -0.183. The van der Waals surface area contributed by atoms with Gasteiger partial charge in [0.15, 0.2) is 5.78 Å². The SMILES string of the molecule is CCCC(=O)C(CC(=O)OCC)(OCC)C(=O)OCC. The molecule has 6 nitrogen and oxygen atoms in total. The van der Waals surface area contributed by atoms with E-state index in [-0.39, 0.29) is 26.2 Å². The highest BCUT2D eigenvalue weighted by molar-refractivity contribution is 6.09. The molecule has 1 atom stereocenters. The first-order valence-corrected chi connectivity index (χ1v) is 6.98. The van der Waals surface area contributed by atoms with Crippen molar-refractivity contribution >= 4 is 17.7 Å². The molecule has 0 fully saturated rings. The average molecular weight is 288 g/mol. The number of rotatable bonds is 10. The number of carbonyl (C=O) groups is 3. The van der Waals surface area contributed by atoms with Gasteiger partial charge in [0, 0.05) is 13.0 Å². The van der Waals surface area contributed by atoms with Crippen LogP contribution in [0.1, 0.15) is 47.0 Å². The molecule has 1 unspecified atom stereocenters. The molecule has 0 rings (SSSR count). The van der Waals surface area contributed by atoms with Gasteiger partial charge in [-0.05, 0) is 27.2 Å². The van der Waals surface area contributed by atoms with Gasteiger partial charge in [-0.3, -0.25) is 9.59 Å². The third kappa shape index (κ3) is 4.92. The second kappa shape index (κ2) is 9.47. The molecule has 0 heterocycles. The summed E-state index contributed by atoms with van der Waals surface area (Å²) < 4.78 is 15.1. The van der Waals surface area contributed by atoms with E-state index in [9.17, 15) is 14.4 Å². The molecule has 0 saturated carbocycles. The lowest BCUT2D eigenvalue weighted by atomic mass is 9.91. The molecule has 20 heavy (non-hydrogen) atoms. The lowest BCUT2D eigenvalue weighted by Gasteiger charge is -2.28. The molecule has 0 aliphatic heterocycles. The lowest BCUT2D eigenvalue weighted by Crippen LogP contribution is -2.52. The Bertz CT molecular complexity index is 319. The molecule has 0 amide bonds. The van der Waals surface area contributed by atoms with Gasteiger partial charge >= 0.3 is 11.9 Å². The fraction of sp³-hybridized carbons (Fsp3) is 0.786. The first kappa shape index (κ1) is 18.6. The summed E-state index contributed by atoms with van der Waals surface area (Å²) in [6.07, 6.45) is 0.237. The summed E-state index contributed by atoms with van der Waals surface area (Å²) in [4.78, 5) is 36.1. The second-order valence-electron chi connectivity index (χ2n) is 4.14. The van der Waals surface area contributed by atoms with Gasteiger partial charge in [0.05, 0.1) is 19.6 Å². The van der Waals surface area contributed by atoms with Crippen molar-refractivity contribution in [1.82, 2.24) is 0 Å². The van der Waals surface area contributed by atoms with E-state index in [1.165, 1.54) is 0 Å². The highest BCUT2D eigenvalue weighted by Crippen LogP contribution is 2.23. The van der Waals surface area contributed by atoms with Gasteiger partial charge in [-0.15, -0.1) is 0 Å². The number of carbonyl (C=O) groups excluding carboxylic acids is 3. The van der Waals surface area contributed by atoms with Crippen LogP contribution in [0.3, 0.4) is 0 Å². The molecule has 0 aromatic carbocycles. The van der Waals surface area contributed by atoms with E-state index in [0.717, 1.165) is 0 Å². The van der Waals surface area contributed by atoms with Crippen molar-refractivity contribution in [2.24, 2.45) is 0 Å². The maximum atomic E-state index is 12.3. The van der Waals surface area contributed by atoms with Gasteiger partial charge in [0.1, 0.15) is 0 Å². The Balaban J connectivity index is 5.36. The molecule has 0 radical (unpaired) electrons. The van der Waals surface area contributed by atoms with E-state index in [4.69, 9.17) is 14.2 Å². The molecule has 6 heteroatoms.